The van der Waals surface area contributed by atoms with Gasteiger partial charge in [0.15, 0.2) is 5.96 Å². The molecule has 1 aromatic carbocycles. The van der Waals surface area contributed by atoms with E-state index < -0.39 is 0 Å². The molecule has 0 bridgehead atoms. The molecule has 1 heterocycles. The highest BCUT2D eigenvalue weighted by Crippen LogP contribution is 2.12. The molecule has 0 aliphatic heterocycles. The van der Waals surface area contributed by atoms with Crippen LogP contribution in [0, 0.1) is 0 Å². The lowest BCUT2D eigenvalue weighted by Crippen LogP contribution is -2.38. The van der Waals surface area contributed by atoms with Crippen molar-refractivity contribution in [1.29, 1.82) is 0 Å². The SMILES string of the molecule is CCCC(=O)Nc1cccc(CN=C(NCC)NCCc2cccs2)c1.I. The summed E-state index contributed by atoms with van der Waals surface area (Å²) in [7, 11) is 0. The molecule has 148 valence electrons. The van der Waals surface area contributed by atoms with Crippen LogP contribution in [0.4, 0.5) is 5.69 Å². The van der Waals surface area contributed by atoms with Gasteiger partial charge in [-0.3, -0.25) is 4.79 Å². The van der Waals surface area contributed by atoms with Gasteiger partial charge >= 0.3 is 0 Å². The van der Waals surface area contributed by atoms with Crippen LogP contribution in [0.1, 0.15) is 37.1 Å². The quantitative estimate of drug-likeness (QED) is 0.272. The number of carbonyl (C=O) groups is 1. The predicted molar refractivity (Wildman–Crippen MR) is 126 cm³/mol. The van der Waals surface area contributed by atoms with Gasteiger partial charge in [-0.25, -0.2) is 4.99 Å². The van der Waals surface area contributed by atoms with Crippen LogP contribution in [-0.2, 0) is 17.8 Å². The van der Waals surface area contributed by atoms with Gasteiger partial charge in [-0.05, 0) is 48.9 Å². The van der Waals surface area contributed by atoms with E-state index in [2.05, 4.69) is 45.4 Å². The molecule has 1 aromatic heterocycles. The Labute approximate surface area is 183 Å². The maximum atomic E-state index is 11.7. The van der Waals surface area contributed by atoms with E-state index in [9.17, 15) is 4.79 Å². The summed E-state index contributed by atoms with van der Waals surface area (Å²) in [4.78, 5) is 17.7. The summed E-state index contributed by atoms with van der Waals surface area (Å²) in [5.74, 6) is 0.862. The van der Waals surface area contributed by atoms with Crippen molar-refractivity contribution in [2.45, 2.75) is 39.7 Å². The standard InChI is InChI=1S/C20H28N4OS.HI/c1-3-7-19(25)24-17-9-5-8-16(14-17)15-23-20(21-4-2)22-12-11-18-10-6-13-26-18;/h5-6,8-10,13-14H,3-4,7,11-12,15H2,1-2H3,(H,24,25)(H2,21,22,23);1H. The highest BCUT2D eigenvalue weighted by Gasteiger charge is 2.02. The van der Waals surface area contributed by atoms with E-state index in [1.807, 2.05) is 31.2 Å². The molecule has 2 aromatic rings. The Morgan fingerprint density at radius 1 is 1.15 bits per heavy atom. The number of carbonyl (C=O) groups excluding carboxylic acids is 1. The average molecular weight is 500 g/mol. The first-order valence-electron chi connectivity index (χ1n) is 9.14. The van der Waals surface area contributed by atoms with E-state index in [1.165, 1.54) is 4.88 Å². The van der Waals surface area contributed by atoms with Crippen LogP contribution in [-0.4, -0.2) is 25.0 Å². The zero-order chi connectivity index (χ0) is 18.6. The van der Waals surface area contributed by atoms with E-state index in [4.69, 9.17) is 0 Å². The molecule has 3 N–H and O–H groups in total. The maximum absolute atomic E-state index is 11.7. The first kappa shape index (κ1) is 23.4. The third kappa shape index (κ3) is 9.23. The van der Waals surface area contributed by atoms with E-state index in [1.54, 1.807) is 11.3 Å². The van der Waals surface area contributed by atoms with Crippen LogP contribution in [0.25, 0.3) is 0 Å². The van der Waals surface area contributed by atoms with E-state index in [0.29, 0.717) is 13.0 Å². The van der Waals surface area contributed by atoms with Crippen LogP contribution in [0.15, 0.2) is 46.8 Å². The molecule has 0 atom stereocenters. The Bertz CT molecular complexity index is 704. The highest BCUT2D eigenvalue weighted by atomic mass is 127. The molecule has 0 spiro atoms. The summed E-state index contributed by atoms with van der Waals surface area (Å²) >= 11 is 1.77. The number of benzene rings is 1. The lowest BCUT2D eigenvalue weighted by molar-refractivity contribution is -0.116. The monoisotopic (exact) mass is 500 g/mol. The van der Waals surface area contributed by atoms with Crippen molar-refractivity contribution in [3.05, 3.63) is 52.2 Å². The molecule has 0 unspecified atom stereocenters. The molecule has 0 aliphatic rings. The van der Waals surface area contributed by atoms with Crippen LogP contribution >= 0.6 is 35.3 Å². The van der Waals surface area contributed by atoms with Gasteiger partial charge in [0, 0.05) is 30.1 Å². The zero-order valence-corrected chi connectivity index (χ0v) is 19.1. The highest BCUT2D eigenvalue weighted by molar-refractivity contribution is 14.0. The number of anilines is 1. The third-order valence-corrected chi connectivity index (χ3v) is 4.63. The lowest BCUT2D eigenvalue weighted by Gasteiger charge is -2.11. The molecule has 27 heavy (non-hydrogen) atoms. The van der Waals surface area contributed by atoms with Gasteiger partial charge in [0.05, 0.1) is 6.54 Å². The van der Waals surface area contributed by atoms with Crippen molar-refractivity contribution < 1.29 is 4.79 Å². The molecule has 0 saturated heterocycles. The minimum atomic E-state index is 0. The average Bonchev–Trinajstić information content (AvgIpc) is 3.13. The summed E-state index contributed by atoms with van der Waals surface area (Å²) in [5.41, 5.74) is 1.89. The minimum Gasteiger partial charge on any atom is -0.357 e. The molecule has 0 aliphatic carbocycles. The number of rotatable bonds is 9. The predicted octanol–water partition coefficient (Wildman–Crippen LogP) is 4.40. The molecule has 0 fully saturated rings. The number of nitrogens with one attached hydrogen (secondary N) is 3. The molecule has 1 amide bonds. The Kier molecular flexibility index (Phi) is 11.8. The largest absolute Gasteiger partial charge is 0.357 e. The first-order chi connectivity index (χ1) is 12.7. The van der Waals surface area contributed by atoms with Gasteiger partial charge in [0.2, 0.25) is 5.91 Å². The summed E-state index contributed by atoms with van der Waals surface area (Å²) in [6, 6.07) is 12.1. The molecule has 2 rings (SSSR count). The van der Waals surface area contributed by atoms with Crippen LogP contribution in [0.3, 0.4) is 0 Å². The van der Waals surface area contributed by atoms with Gasteiger partial charge in [-0.2, -0.15) is 0 Å². The normalized spacial score (nSPS) is 10.8. The van der Waals surface area contributed by atoms with Gasteiger partial charge in [-0.15, -0.1) is 35.3 Å². The Hall–Kier alpha value is -1.61. The number of halogens is 1. The smallest absolute Gasteiger partial charge is 0.224 e. The Morgan fingerprint density at radius 2 is 2.00 bits per heavy atom. The molecule has 0 saturated carbocycles. The second-order valence-electron chi connectivity index (χ2n) is 5.95. The molecular formula is C20H29IN4OS. The van der Waals surface area contributed by atoms with Gasteiger partial charge in [-0.1, -0.05) is 25.1 Å². The number of hydrogen-bond acceptors (Lipinski definition) is 3. The number of hydrogen-bond donors (Lipinski definition) is 3. The van der Waals surface area contributed by atoms with E-state index in [-0.39, 0.29) is 29.9 Å². The molecule has 7 heteroatoms. The molecule has 5 nitrogen and oxygen atoms in total. The van der Waals surface area contributed by atoms with Gasteiger partial charge in [0.25, 0.3) is 0 Å². The van der Waals surface area contributed by atoms with Crippen LogP contribution in [0.5, 0.6) is 0 Å². The number of aliphatic imine (C=N–C) groups is 1. The van der Waals surface area contributed by atoms with Crippen molar-refractivity contribution in [2.24, 2.45) is 4.99 Å². The second kappa shape index (κ2) is 13.5. The Balaban J connectivity index is 0.00000364. The third-order valence-electron chi connectivity index (χ3n) is 3.70. The topological polar surface area (TPSA) is 65.5 Å². The van der Waals surface area contributed by atoms with Crippen LogP contribution in [0.2, 0.25) is 0 Å². The molecular weight excluding hydrogens is 471 g/mol. The van der Waals surface area contributed by atoms with Crippen molar-refractivity contribution >= 4 is 52.9 Å². The van der Waals surface area contributed by atoms with Crippen LogP contribution < -0.4 is 16.0 Å². The van der Waals surface area contributed by atoms with E-state index in [0.717, 1.165) is 43.1 Å². The van der Waals surface area contributed by atoms with Crippen molar-refractivity contribution in [2.75, 3.05) is 18.4 Å². The summed E-state index contributed by atoms with van der Waals surface area (Å²) in [5, 5.41) is 11.7. The Morgan fingerprint density at radius 3 is 2.70 bits per heavy atom. The van der Waals surface area contributed by atoms with Crippen molar-refractivity contribution in [3.63, 3.8) is 0 Å². The van der Waals surface area contributed by atoms with Crippen molar-refractivity contribution in [3.8, 4) is 0 Å². The summed E-state index contributed by atoms with van der Waals surface area (Å²) < 4.78 is 0. The molecule has 0 radical (unpaired) electrons. The summed E-state index contributed by atoms with van der Waals surface area (Å²) in [6.07, 6.45) is 2.38. The fourth-order valence-electron chi connectivity index (χ4n) is 2.47. The number of guanidine groups is 1. The van der Waals surface area contributed by atoms with Gasteiger partial charge < -0.3 is 16.0 Å². The zero-order valence-electron chi connectivity index (χ0n) is 16.0. The maximum Gasteiger partial charge on any atom is 0.224 e. The van der Waals surface area contributed by atoms with Crippen molar-refractivity contribution in [1.82, 2.24) is 10.6 Å². The van der Waals surface area contributed by atoms with Gasteiger partial charge in [0.1, 0.15) is 0 Å². The summed E-state index contributed by atoms with van der Waals surface area (Å²) in [6.45, 7) is 6.28. The first-order valence-corrected chi connectivity index (χ1v) is 10.0. The number of thiophene rings is 1. The fourth-order valence-corrected chi connectivity index (χ4v) is 3.18. The second-order valence-corrected chi connectivity index (χ2v) is 6.98. The number of nitrogens with zero attached hydrogens (tertiary/aromatic N) is 1. The minimum absolute atomic E-state index is 0. The number of amides is 1. The lowest BCUT2D eigenvalue weighted by atomic mass is 10.2. The fraction of sp³-hybridized carbons (Fsp3) is 0.400. The van der Waals surface area contributed by atoms with E-state index >= 15 is 0 Å².